The normalized spacial score (nSPS) is 20.0. The molecule has 4 heterocycles. The third-order valence-corrected chi connectivity index (χ3v) is 7.03. The van der Waals surface area contributed by atoms with E-state index in [0.717, 1.165) is 51.3 Å². The Morgan fingerprint density at radius 3 is 2.39 bits per heavy atom. The molecule has 2 N–H and O–H groups in total. The van der Waals surface area contributed by atoms with Crippen molar-refractivity contribution < 1.29 is 19.0 Å². The first-order valence-electron chi connectivity index (χ1n) is 12.7. The second-order valence-electron chi connectivity index (χ2n) is 10.8. The van der Waals surface area contributed by atoms with E-state index in [1.165, 1.54) is 0 Å². The standard InChI is InChI=1S/C30H30N4O4/c1-29(2,3)38-28(35)34-13-10-19(11-14-34)20-6-8-25-23(15-20)30(18-36-27(31)33-30)24-16-21(7-9-26(24)37-25)22-5-4-12-32-17-22/h4-10,12,15-17H,11,13-14,18H2,1-3H3,(H2,31,33)/t30-/m1/s1. The van der Waals surface area contributed by atoms with E-state index in [0.29, 0.717) is 13.1 Å². The van der Waals surface area contributed by atoms with Crippen LogP contribution in [0.1, 0.15) is 43.9 Å². The number of carbonyl (C=O) groups excluding carboxylic acids is 1. The SMILES string of the molecule is CC(C)(C)OC(=O)N1CC=C(c2ccc3c(c2)[C@]2(COC(N)=N2)c2cc(-c4cccnc4)ccc2O3)CC1. The number of pyridine rings is 1. The molecule has 6 rings (SSSR count). The monoisotopic (exact) mass is 510 g/mol. The van der Waals surface area contributed by atoms with E-state index in [-0.39, 0.29) is 18.7 Å². The summed E-state index contributed by atoms with van der Waals surface area (Å²) in [6, 6.07) is 16.3. The van der Waals surface area contributed by atoms with Gasteiger partial charge >= 0.3 is 6.09 Å². The predicted molar refractivity (Wildman–Crippen MR) is 145 cm³/mol. The zero-order chi connectivity index (χ0) is 26.5. The number of carbonyl (C=O) groups is 1. The Hall–Kier alpha value is -4.33. The Labute approximate surface area is 221 Å². The minimum absolute atomic E-state index is 0.158. The number of hydrogen-bond donors (Lipinski definition) is 1. The molecule has 0 bridgehead atoms. The summed E-state index contributed by atoms with van der Waals surface area (Å²) in [4.78, 5) is 23.3. The van der Waals surface area contributed by atoms with E-state index in [9.17, 15) is 4.79 Å². The highest BCUT2D eigenvalue weighted by Gasteiger charge is 2.47. The van der Waals surface area contributed by atoms with Gasteiger partial charge in [0.15, 0.2) is 5.54 Å². The zero-order valence-corrected chi connectivity index (χ0v) is 21.7. The van der Waals surface area contributed by atoms with Crippen LogP contribution in [0, 0.1) is 0 Å². The molecular weight excluding hydrogens is 480 g/mol. The second kappa shape index (κ2) is 8.90. The Kier molecular flexibility index (Phi) is 5.63. The van der Waals surface area contributed by atoms with Crippen LogP contribution in [-0.2, 0) is 15.0 Å². The van der Waals surface area contributed by atoms with Gasteiger partial charge in [0.1, 0.15) is 23.7 Å². The van der Waals surface area contributed by atoms with Crippen LogP contribution in [-0.4, -0.2) is 47.3 Å². The number of ether oxygens (including phenoxy) is 3. The molecule has 38 heavy (non-hydrogen) atoms. The third kappa shape index (κ3) is 4.26. The van der Waals surface area contributed by atoms with Crippen LogP contribution in [0.4, 0.5) is 4.79 Å². The van der Waals surface area contributed by atoms with Crippen molar-refractivity contribution in [1.29, 1.82) is 0 Å². The van der Waals surface area contributed by atoms with Gasteiger partial charge in [-0.05, 0) is 74.2 Å². The highest BCUT2D eigenvalue weighted by Crippen LogP contribution is 2.52. The van der Waals surface area contributed by atoms with Gasteiger partial charge in [-0.2, -0.15) is 0 Å². The fourth-order valence-corrected chi connectivity index (χ4v) is 5.19. The fraction of sp³-hybridized carbons (Fsp3) is 0.300. The molecule has 1 spiro atoms. The Morgan fingerprint density at radius 1 is 1.05 bits per heavy atom. The number of benzene rings is 2. The second-order valence-corrected chi connectivity index (χ2v) is 10.8. The van der Waals surface area contributed by atoms with Crippen molar-refractivity contribution in [2.45, 2.75) is 38.3 Å². The van der Waals surface area contributed by atoms with Gasteiger partial charge in [-0.15, -0.1) is 0 Å². The maximum Gasteiger partial charge on any atom is 0.410 e. The van der Waals surface area contributed by atoms with Crippen LogP contribution in [0.2, 0.25) is 0 Å². The summed E-state index contributed by atoms with van der Waals surface area (Å²) >= 11 is 0. The minimum atomic E-state index is -0.820. The average molecular weight is 511 g/mol. The van der Waals surface area contributed by atoms with E-state index in [1.54, 1.807) is 11.1 Å². The highest BCUT2D eigenvalue weighted by molar-refractivity contribution is 5.79. The van der Waals surface area contributed by atoms with Crippen LogP contribution in [0.15, 0.2) is 72.0 Å². The molecule has 3 aromatic rings. The molecule has 0 aliphatic carbocycles. The van der Waals surface area contributed by atoms with Gasteiger partial charge < -0.3 is 24.8 Å². The third-order valence-electron chi connectivity index (χ3n) is 7.03. The molecular formula is C30H30N4O4. The quantitative estimate of drug-likeness (QED) is 0.491. The molecule has 1 amide bonds. The Bertz CT molecular complexity index is 1480. The number of hydrogen-bond acceptors (Lipinski definition) is 7. The maximum atomic E-state index is 12.5. The van der Waals surface area contributed by atoms with Gasteiger partial charge in [-0.25, -0.2) is 9.79 Å². The van der Waals surface area contributed by atoms with Crippen LogP contribution in [0.25, 0.3) is 16.7 Å². The van der Waals surface area contributed by atoms with Gasteiger partial charge in [0.05, 0.1) is 0 Å². The topological polar surface area (TPSA) is 99.3 Å². The molecule has 8 heteroatoms. The summed E-state index contributed by atoms with van der Waals surface area (Å²) in [6.45, 7) is 7.00. The summed E-state index contributed by atoms with van der Waals surface area (Å²) in [5.74, 6) is 1.45. The minimum Gasteiger partial charge on any atom is -0.462 e. The number of aromatic nitrogens is 1. The first kappa shape index (κ1) is 24.0. The van der Waals surface area contributed by atoms with Crippen molar-refractivity contribution in [3.8, 4) is 22.6 Å². The van der Waals surface area contributed by atoms with Gasteiger partial charge in [0.2, 0.25) is 0 Å². The molecule has 0 saturated carbocycles. The lowest BCUT2D eigenvalue weighted by Crippen LogP contribution is -2.39. The number of nitrogens with two attached hydrogens (primary N) is 1. The van der Waals surface area contributed by atoms with Crippen molar-refractivity contribution in [2.75, 3.05) is 19.7 Å². The number of nitrogens with zero attached hydrogens (tertiary/aromatic N) is 3. The fourth-order valence-electron chi connectivity index (χ4n) is 5.19. The van der Waals surface area contributed by atoms with E-state index in [1.807, 2.05) is 57.3 Å². The van der Waals surface area contributed by atoms with Crippen molar-refractivity contribution >= 4 is 17.7 Å². The molecule has 3 aliphatic heterocycles. The molecule has 0 fully saturated rings. The number of rotatable bonds is 2. The van der Waals surface area contributed by atoms with Crippen LogP contribution < -0.4 is 10.5 Å². The molecule has 3 aliphatic rings. The molecule has 0 unspecified atom stereocenters. The van der Waals surface area contributed by atoms with Crippen molar-refractivity contribution in [1.82, 2.24) is 9.88 Å². The zero-order valence-electron chi connectivity index (χ0n) is 21.7. The highest BCUT2D eigenvalue weighted by atomic mass is 16.6. The van der Waals surface area contributed by atoms with Crippen LogP contribution >= 0.6 is 0 Å². The lowest BCUT2D eigenvalue weighted by atomic mass is 9.79. The summed E-state index contributed by atoms with van der Waals surface area (Å²) in [5, 5.41) is 0. The van der Waals surface area contributed by atoms with Crippen molar-refractivity contribution in [2.24, 2.45) is 10.7 Å². The summed E-state index contributed by atoms with van der Waals surface area (Å²) in [7, 11) is 0. The maximum absolute atomic E-state index is 12.5. The molecule has 1 atom stereocenters. The number of aliphatic imine (C=N–C) groups is 1. The van der Waals surface area contributed by atoms with Gasteiger partial charge in [0, 0.05) is 42.2 Å². The van der Waals surface area contributed by atoms with Crippen molar-refractivity contribution in [3.05, 3.63) is 83.7 Å². The molecule has 1 aromatic heterocycles. The van der Waals surface area contributed by atoms with E-state index in [2.05, 4.69) is 29.3 Å². The summed E-state index contributed by atoms with van der Waals surface area (Å²) in [6.07, 6.45) is 6.10. The van der Waals surface area contributed by atoms with Crippen LogP contribution in [0.3, 0.4) is 0 Å². The Balaban J connectivity index is 1.36. The number of amidine groups is 1. The first-order chi connectivity index (χ1) is 18.2. The summed E-state index contributed by atoms with van der Waals surface area (Å²) in [5.41, 5.74) is 10.8. The summed E-state index contributed by atoms with van der Waals surface area (Å²) < 4.78 is 17.7. The average Bonchev–Trinajstić information content (AvgIpc) is 3.30. The number of amides is 1. The van der Waals surface area contributed by atoms with E-state index < -0.39 is 11.1 Å². The molecule has 194 valence electrons. The first-order valence-corrected chi connectivity index (χ1v) is 12.7. The Morgan fingerprint density at radius 2 is 1.79 bits per heavy atom. The lowest BCUT2D eigenvalue weighted by molar-refractivity contribution is 0.0270. The molecule has 0 radical (unpaired) electrons. The van der Waals surface area contributed by atoms with E-state index in [4.69, 9.17) is 24.9 Å². The molecule has 0 saturated heterocycles. The van der Waals surface area contributed by atoms with Gasteiger partial charge in [0.25, 0.3) is 6.02 Å². The van der Waals surface area contributed by atoms with Crippen molar-refractivity contribution in [3.63, 3.8) is 0 Å². The lowest BCUT2D eigenvalue weighted by Gasteiger charge is -2.34. The predicted octanol–water partition coefficient (Wildman–Crippen LogP) is 5.47. The molecule has 2 aromatic carbocycles. The van der Waals surface area contributed by atoms with Crippen LogP contribution in [0.5, 0.6) is 11.5 Å². The number of fused-ring (bicyclic) bond motifs is 4. The molecule has 8 nitrogen and oxygen atoms in total. The van der Waals surface area contributed by atoms with Gasteiger partial charge in [-0.3, -0.25) is 4.98 Å². The van der Waals surface area contributed by atoms with E-state index >= 15 is 0 Å². The smallest absolute Gasteiger partial charge is 0.410 e. The van der Waals surface area contributed by atoms with Gasteiger partial charge in [-0.1, -0.05) is 24.3 Å². The largest absolute Gasteiger partial charge is 0.462 e.